The highest BCUT2D eigenvalue weighted by Gasteiger charge is 2.25. The second-order valence-electron chi connectivity index (χ2n) is 6.90. The van der Waals surface area contributed by atoms with Gasteiger partial charge in [0.2, 0.25) is 10.0 Å². The first-order valence-corrected chi connectivity index (χ1v) is 10.3. The molecule has 0 bridgehead atoms. The van der Waals surface area contributed by atoms with Gasteiger partial charge in [0, 0.05) is 25.3 Å². The lowest BCUT2D eigenvalue weighted by Crippen LogP contribution is -2.31. The summed E-state index contributed by atoms with van der Waals surface area (Å²) in [5.74, 6) is 1.14. The number of sulfonamides is 1. The molecule has 2 aromatic carbocycles. The van der Waals surface area contributed by atoms with Gasteiger partial charge in [-0.2, -0.15) is 0 Å². The average Bonchev–Trinajstić information content (AvgIpc) is 3.11. The largest absolute Gasteiger partial charge is 0.497 e. The van der Waals surface area contributed by atoms with E-state index in [9.17, 15) is 8.42 Å². The van der Waals surface area contributed by atoms with E-state index in [4.69, 9.17) is 4.74 Å². The lowest BCUT2D eigenvalue weighted by Gasteiger charge is -2.19. The molecule has 6 heteroatoms. The van der Waals surface area contributed by atoms with Gasteiger partial charge in [-0.15, -0.1) is 0 Å². The van der Waals surface area contributed by atoms with Crippen molar-refractivity contribution in [2.24, 2.45) is 5.92 Å². The molecule has 1 heterocycles. The fourth-order valence-electron chi connectivity index (χ4n) is 3.22. The Morgan fingerprint density at radius 3 is 2.50 bits per heavy atom. The first-order valence-electron chi connectivity index (χ1n) is 8.85. The number of benzene rings is 2. The van der Waals surface area contributed by atoms with Crippen LogP contribution in [0.5, 0.6) is 5.75 Å². The molecule has 1 atom stereocenters. The predicted molar refractivity (Wildman–Crippen MR) is 104 cm³/mol. The van der Waals surface area contributed by atoms with Crippen LogP contribution in [-0.2, 0) is 10.0 Å². The molecule has 5 nitrogen and oxygen atoms in total. The number of nitrogens with one attached hydrogen (secondary N) is 1. The summed E-state index contributed by atoms with van der Waals surface area (Å²) in [5.41, 5.74) is 3.22. The number of anilines is 1. The van der Waals surface area contributed by atoms with E-state index in [1.54, 1.807) is 19.2 Å². The number of aryl methyl sites for hydroxylation is 2. The maximum Gasteiger partial charge on any atom is 0.240 e. The third-order valence-corrected chi connectivity index (χ3v) is 6.50. The number of hydrogen-bond acceptors (Lipinski definition) is 4. The van der Waals surface area contributed by atoms with Crippen LogP contribution in [0.15, 0.2) is 47.4 Å². The monoisotopic (exact) mass is 374 g/mol. The van der Waals surface area contributed by atoms with Crippen LogP contribution in [0.4, 0.5) is 5.69 Å². The van der Waals surface area contributed by atoms with Crippen molar-refractivity contribution in [1.29, 1.82) is 0 Å². The average molecular weight is 375 g/mol. The Hall–Kier alpha value is -2.05. The highest BCUT2D eigenvalue weighted by atomic mass is 32.2. The maximum atomic E-state index is 12.5. The van der Waals surface area contributed by atoms with Crippen molar-refractivity contribution in [3.63, 3.8) is 0 Å². The van der Waals surface area contributed by atoms with Crippen molar-refractivity contribution < 1.29 is 13.2 Å². The molecule has 0 aliphatic carbocycles. The zero-order valence-electron chi connectivity index (χ0n) is 15.5. The molecule has 1 aliphatic heterocycles. The Balaban J connectivity index is 1.59. The minimum absolute atomic E-state index is 0.304. The summed E-state index contributed by atoms with van der Waals surface area (Å²) in [6, 6.07) is 13.2. The van der Waals surface area contributed by atoms with Crippen LogP contribution in [0.3, 0.4) is 0 Å². The molecule has 0 amide bonds. The zero-order chi connectivity index (χ0) is 18.7. The van der Waals surface area contributed by atoms with Crippen LogP contribution in [0.25, 0.3) is 0 Å². The molecule has 26 heavy (non-hydrogen) atoms. The van der Waals surface area contributed by atoms with E-state index in [1.807, 2.05) is 44.2 Å². The van der Waals surface area contributed by atoms with Crippen LogP contribution in [0.1, 0.15) is 17.5 Å². The van der Waals surface area contributed by atoms with Crippen LogP contribution in [0, 0.1) is 19.8 Å². The lowest BCUT2D eigenvalue weighted by molar-refractivity contribution is 0.415. The van der Waals surface area contributed by atoms with E-state index in [-0.39, 0.29) is 0 Å². The van der Waals surface area contributed by atoms with E-state index in [0.29, 0.717) is 17.4 Å². The smallest absolute Gasteiger partial charge is 0.240 e. The van der Waals surface area contributed by atoms with Crippen LogP contribution >= 0.6 is 0 Å². The van der Waals surface area contributed by atoms with E-state index in [2.05, 4.69) is 9.62 Å². The van der Waals surface area contributed by atoms with Crippen molar-refractivity contribution in [1.82, 2.24) is 4.72 Å². The molecule has 0 spiro atoms. The molecule has 140 valence electrons. The van der Waals surface area contributed by atoms with Crippen molar-refractivity contribution in [2.75, 3.05) is 31.6 Å². The summed E-state index contributed by atoms with van der Waals surface area (Å²) < 4.78 is 33.0. The van der Waals surface area contributed by atoms with Crippen molar-refractivity contribution in [3.8, 4) is 5.75 Å². The maximum absolute atomic E-state index is 12.5. The predicted octanol–water partition coefficient (Wildman–Crippen LogP) is 3.12. The van der Waals surface area contributed by atoms with Gasteiger partial charge in [0.05, 0.1) is 12.0 Å². The number of methoxy groups -OCH3 is 1. The van der Waals surface area contributed by atoms with Gasteiger partial charge in [0.15, 0.2) is 0 Å². The topological polar surface area (TPSA) is 58.6 Å². The van der Waals surface area contributed by atoms with Crippen LogP contribution in [0.2, 0.25) is 0 Å². The molecule has 1 N–H and O–H groups in total. The van der Waals surface area contributed by atoms with E-state index in [0.717, 1.165) is 42.1 Å². The Morgan fingerprint density at radius 2 is 1.85 bits per heavy atom. The summed E-state index contributed by atoms with van der Waals surface area (Å²) in [6.07, 6.45) is 0.974. The van der Waals surface area contributed by atoms with E-state index in [1.165, 1.54) is 0 Å². The zero-order valence-corrected chi connectivity index (χ0v) is 16.3. The van der Waals surface area contributed by atoms with Gasteiger partial charge in [0.25, 0.3) is 0 Å². The Bertz CT molecular complexity index is 863. The van der Waals surface area contributed by atoms with Crippen molar-refractivity contribution in [2.45, 2.75) is 25.2 Å². The molecule has 2 aromatic rings. The number of ether oxygens (including phenoxy) is 1. The van der Waals surface area contributed by atoms with Crippen molar-refractivity contribution in [3.05, 3.63) is 53.6 Å². The van der Waals surface area contributed by atoms with E-state index >= 15 is 0 Å². The second-order valence-corrected chi connectivity index (χ2v) is 8.66. The quantitative estimate of drug-likeness (QED) is 0.844. The highest BCUT2D eigenvalue weighted by molar-refractivity contribution is 7.89. The molecule has 3 rings (SSSR count). The van der Waals surface area contributed by atoms with Crippen LogP contribution in [-0.4, -0.2) is 35.2 Å². The van der Waals surface area contributed by atoms with Gasteiger partial charge in [-0.05, 0) is 73.7 Å². The summed E-state index contributed by atoms with van der Waals surface area (Å²) in [4.78, 5) is 2.62. The summed E-state index contributed by atoms with van der Waals surface area (Å²) >= 11 is 0. The van der Waals surface area contributed by atoms with Gasteiger partial charge >= 0.3 is 0 Å². The first kappa shape index (κ1) is 18.7. The molecule has 1 aliphatic rings. The highest BCUT2D eigenvalue weighted by Crippen LogP contribution is 2.25. The molecule has 0 aromatic heterocycles. The minimum atomic E-state index is -3.46. The second kappa shape index (κ2) is 7.68. The minimum Gasteiger partial charge on any atom is -0.497 e. The van der Waals surface area contributed by atoms with Crippen LogP contribution < -0.4 is 14.4 Å². The fourth-order valence-corrected chi connectivity index (χ4v) is 4.42. The fraction of sp³-hybridized carbons (Fsp3) is 0.400. The third-order valence-electron chi connectivity index (χ3n) is 5.07. The number of rotatable bonds is 6. The number of nitrogens with zero attached hydrogens (tertiary/aromatic N) is 1. The van der Waals surface area contributed by atoms with Gasteiger partial charge in [-0.25, -0.2) is 13.1 Å². The molecule has 0 radical (unpaired) electrons. The van der Waals surface area contributed by atoms with E-state index < -0.39 is 10.0 Å². The van der Waals surface area contributed by atoms with Gasteiger partial charge < -0.3 is 9.64 Å². The first-order chi connectivity index (χ1) is 12.4. The Kier molecular flexibility index (Phi) is 5.53. The molecule has 1 saturated heterocycles. The lowest BCUT2D eigenvalue weighted by atomic mass is 10.1. The summed E-state index contributed by atoms with van der Waals surface area (Å²) in [5, 5.41) is 0. The third kappa shape index (κ3) is 4.19. The Morgan fingerprint density at radius 1 is 1.12 bits per heavy atom. The molecule has 0 saturated carbocycles. The SMILES string of the molecule is COc1ccc(N2CCC(CNS(=O)(=O)c3ccc(C)c(C)c3)C2)cc1. The normalized spacial score (nSPS) is 17.5. The van der Waals surface area contributed by atoms with Gasteiger partial charge in [-0.1, -0.05) is 6.07 Å². The molecule has 1 unspecified atom stereocenters. The Labute approximate surface area is 156 Å². The van der Waals surface area contributed by atoms with Gasteiger partial charge in [0.1, 0.15) is 5.75 Å². The number of hydrogen-bond donors (Lipinski definition) is 1. The standard InChI is InChI=1S/C20H26N2O3S/c1-15-4-9-20(12-16(15)2)26(23,24)21-13-17-10-11-22(14-17)18-5-7-19(25-3)8-6-18/h4-9,12,17,21H,10-11,13-14H2,1-3H3. The molecule has 1 fully saturated rings. The van der Waals surface area contributed by atoms with Crippen molar-refractivity contribution >= 4 is 15.7 Å². The summed E-state index contributed by atoms with van der Waals surface area (Å²) in [6.45, 7) is 6.15. The molecular formula is C20H26N2O3S. The molecular weight excluding hydrogens is 348 g/mol. The summed E-state index contributed by atoms with van der Waals surface area (Å²) in [7, 11) is -1.81. The van der Waals surface area contributed by atoms with Gasteiger partial charge in [-0.3, -0.25) is 0 Å².